The maximum Gasteiger partial charge on any atom is 0.324 e. The topological polar surface area (TPSA) is 62.3 Å². The van der Waals surface area contributed by atoms with Gasteiger partial charge in [-0.2, -0.15) is 8.78 Å². The van der Waals surface area contributed by atoms with E-state index in [0.29, 0.717) is 5.75 Å². The Morgan fingerprint density at radius 1 is 1.24 bits per heavy atom. The van der Waals surface area contributed by atoms with Gasteiger partial charge in [-0.1, -0.05) is 0 Å². The van der Waals surface area contributed by atoms with Crippen molar-refractivity contribution < 1.29 is 27.0 Å². The molecule has 0 radical (unpaired) electrons. The molecule has 0 aliphatic rings. The number of anilines is 1. The van der Waals surface area contributed by atoms with Crippen LogP contribution in [0.2, 0.25) is 0 Å². The number of fused-ring (bicyclic) bond motifs is 1. The van der Waals surface area contributed by atoms with Gasteiger partial charge in [0, 0.05) is 12.1 Å². The largest absolute Gasteiger partial charge is 0.493 e. The van der Waals surface area contributed by atoms with Crippen LogP contribution in [0.15, 0.2) is 12.1 Å². The van der Waals surface area contributed by atoms with Crippen LogP contribution >= 0.6 is 0 Å². The van der Waals surface area contributed by atoms with E-state index in [2.05, 4.69) is 4.98 Å². The lowest BCUT2D eigenvalue weighted by molar-refractivity contribution is -0.136. The monoisotopic (exact) mass is 307 g/mol. The Kier molecular flexibility index (Phi) is 3.84. The predicted octanol–water partition coefficient (Wildman–Crippen LogP) is 2.54. The average molecular weight is 307 g/mol. The summed E-state index contributed by atoms with van der Waals surface area (Å²) in [6.07, 6.45) is -3.80. The van der Waals surface area contributed by atoms with E-state index >= 15 is 0 Å². The lowest BCUT2D eigenvalue weighted by Gasteiger charge is -2.17. The zero-order valence-electron chi connectivity index (χ0n) is 11.2. The number of halogens is 4. The summed E-state index contributed by atoms with van der Waals surface area (Å²) in [6.45, 7) is -1.28. The normalized spacial score (nSPS) is 12.1. The average Bonchev–Trinajstić information content (AvgIpc) is 2.72. The van der Waals surface area contributed by atoms with E-state index < -0.39 is 18.9 Å². The van der Waals surface area contributed by atoms with E-state index in [-0.39, 0.29) is 22.7 Å². The molecule has 0 bridgehead atoms. The van der Waals surface area contributed by atoms with Crippen molar-refractivity contribution in [2.45, 2.75) is 18.9 Å². The van der Waals surface area contributed by atoms with E-state index in [4.69, 9.17) is 15.2 Å². The summed E-state index contributed by atoms with van der Waals surface area (Å²) in [6, 6.07) is 2.79. The standard InChI is InChI=1S/C12H13F4N3O2/c1-20-8-3-6-7(4-9(8)21-2)19(11(17)18-6)5-12(15,16)10(13)14/h3-4,10H,5H2,1-2H3,(H2,17,18). The summed E-state index contributed by atoms with van der Waals surface area (Å²) < 4.78 is 62.0. The Bertz CT molecular complexity index is 657. The van der Waals surface area contributed by atoms with Gasteiger partial charge >= 0.3 is 12.3 Å². The first-order valence-corrected chi connectivity index (χ1v) is 5.84. The Morgan fingerprint density at radius 3 is 2.33 bits per heavy atom. The zero-order valence-corrected chi connectivity index (χ0v) is 11.2. The molecule has 0 fully saturated rings. The minimum Gasteiger partial charge on any atom is -0.493 e. The number of hydrogen-bond acceptors (Lipinski definition) is 4. The first-order valence-electron chi connectivity index (χ1n) is 5.84. The molecule has 2 aromatic rings. The van der Waals surface area contributed by atoms with Gasteiger partial charge in [0.1, 0.15) is 0 Å². The maximum absolute atomic E-state index is 13.2. The van der Waals surface area contributed by atoms with Crippen LogP contribution < -0.4 is 15.2 Å². The van der Waals surface area contributed by atoms with Crippen molar-refractivity contribution in [2.24, 2.45) is 0 Å². The third-order valence-electron chi connectivity index (χ3n) is 2.97. The lowest BCUT2D eigenvalue weighted by atomic mass is 10.2. The fraction of sp³-hybridized carbons (Fsp3) is 0.417. The number of imidazole rings is 1. The SMILES string of the molecule is COc1cc2nc(N)n(CC(F)(F)C(F)F)c2cc1OC. The van der Waals surface area contributed by atoms with Gasteiger partial charge in [0.15, 0.2) is 11.5 Å². The lowest BCUT2D eigenvalue weighted by Crippen LogP contribution is -2.32. The number of rotatable bonds is 5. The van der Waals surface area contributed by atoms with Gasteiger partial charge < -0.3 is 19.8 Å². The number of benzene rings is 1. The van der Waals surface area contributed by atoms with Gasteiger partial charge in [0.05, 0.1) is 31.8 Å². The Hall–Kier alpha value is -2.19. The summed E-state index contributed by atoms with van der Waals surface area (Å²) in [7, 11) is 2.76. The van der Waals surface area contributed by atoms with Crippen molar-refractivity contribution >= 4 is 17.0 Å². The molecule has 21 heavy (non-hydrogen) atoms. The number of ether oxygens (including phenoxy) is 2. The van der Waals surface area contributed by atoms with Gasteiger partial charge in [-0.25, -0.2) is 13.8 Å². The summed E-state index contributed by atoms with van der Waals surface area (Å²) in [5.74, 6) is -3.92. The molecule has 0 aliphatic carbocycles. The first kappa shape index (κ1) is 15.2. The van der Waals surface area contributed by atoms with Crippen LogP contribution in [0.4, 0.5) is 23.5 Å². The number of hydrogen-bond donors (Lipinski definition) is 1. The minimum atomic E-state index is -4.21. The molecule has 116 valence electrons. The molecule has 0 unspecified atom stereocenters. The smallest absolute Gasteiger partial charge is 0.324 e. The molecule has 0 spiro atoms. The van der Waals surface area contributed by atoms with Crippen LogP contribution in [0.1, 0.15) is 0 Å². The predicted molar refractivity (Wildman–Crippen MR) is 68.2 cm³/mol. The highest BCUT2D eigenvalue weighted by molar-refractivity contribution is 5.82. The van der Waals surface area contributed by atoms with E-state index in [9.17, 15) is 17.6 Å². The molecule has 1 aromatic carbocycles. The van der Waals surface area contributed by atoms with E-state index in [0.717, 1.165) is 4.57 Å². The molecular formula is C12H13F4N3O2. The second-order valence-corrected chi connectivity index (χ2v) is 4.31. The second-order valence-electron chi connectivity index (χ2n) is 4.31. The third-order valence-corrected chi connectivity index (χ3v) is 2.97. The Labute approximate surface area is 117 Å². The van der Waals surface area contributed by atoms with Crippen molar-refractivity contribution in [1.82, 2.24) is 9.55 Å². The molecule has 2 rings (SSSR count). The minimum absolute atomic E-state index is 0.158. The van der Waals surface area contributed by atoms with Crippen LogP contribution in [0.3, 0.4) is 0 Å². The highest BCUT2D eigenvalue weighted by atomic mass is 19.3. The fourth-order valence-corrected chi connectivity index (χ4v) is 1.92. The second kappa shape index (κ2) is 5.30. The van der Waals surface area contributed by atoms with Gasteiger partial charge in [0.25, 0.3) is 0 Å². The highest BCUT2D eigenvalue weighted by Crippen LogP contribution is 2.34. The molecule has 0 aliphatic heterocycles. The molecule has 0 atom stereocenters. The van der Waals surface area contributed by atoms with Crippen molar-refractivity contribution in [3.8, 4) is 11.5 Å². The van der Waals surface area contributed by atoms with Crippen LogP contribution in [-0.2, 0) is 6.54 Å². The number of nitrogen functional groups attached to an aromatic ring is 1. The summed E-state index contributed by atoms with van der Waals surface area (Å²) in [5.41, 5.74) is 5.94. The number of aromatic nitrogens is 2. The van der Waals surface area contributed by atoms with Crippen LogP contribution in [0.25, 0.3) is 11.0 Å². The Balaban J connectivity index is 2.56. The van der Waals surface area contributed by atoms with Crippen molar-refractivity contribution in [2.75, 3.05) is 20.0 Å². The van der Waals surface area contributed by atoms with Gasteiger partial charge in [0.2, 0.25) is 5.95 Å². The zero-order chi connectivity index (χ0) is 15.8. The van der Waals surface area contributed by atoms with E-state index in [1.165, 1.54) is 26.4 Å². The fourth-order valence-electron chi connectivity index (χ4n) is 1.92. The van der Waals surface area contributed by atoms with Gasteiger partial charge in [-0.3, -0.25) is 0 Å². The maximum atomic E-state index is 13.2. The van der Waals surface area contributed by atoms with E-state index in [1.807, 2.05) is 0 Å². The van der Waals surface area contributed by atoms with Crippen molar-refractivity contribution in [1.29, 1.82) is 0 Å². The first-order chi connectivity index (χ1) is 9.80. The number of methoxy groups -OCH3 is 2. The number of nitrogens with zero attached hydrogens (tertiary/aromatic N) is 2. The quantitative estimate of drug-likeness (QED) is 0.862. The molecule has 5 nitrogen and oxygen atoms in total. The molecule has 9 heteroatoms. The molecule has 2 N–H and O–H groups in total. The molecule has 0 saturated carbocycles. The third kappa shape index (κ3) is 2.67. The Morgan fingerprint density at radius 2 is 1.81 bits per heavy atom. The summed E-state index contributed by atoms with van der Waals surface area (Å²) in [5, 5.41) is 0. The van der Waals surface area contributed by atoms with Gasteiger partial charge in [-0.15, -0.1) is 0 Å². The molecule has 0 saturated heterocycles. The molecule has 1 aromatic heterocycles. The number of alkyl halides is 4. The van der Waals surface area contributed by atoms with Crippen molar-refractivity contribution in [3.63, 3.8) is 0 Å². The van der Waals surface area contributed by atoms with Crippen LogP contribution in [0, 0.1) is 0 Å². The van der Waals surface area contributed by atoms with Crippen LogP contribution in [-0.4, -0.2) is 36.1 Å². The molecule has 0 amide bonds. The highest BCUT2D eigenvalue weighted by Gasteiger charge is 2.42. The van der Waals surface area contributed by atoms with Crippen LogP contribution in [0.5, 0.6) is 11.5 Å². The molecule has 1 heterocycles. The van der Waals surface area contributed by atoms with Gasteiger partial charge in [-0.05, 0) is 0 Å². The molecular weight excluding hydrogens is 294 g/mol. The van der Waals surface area contributed by atoms with Crippen molar-refractivity contribution in [3.05, 3.63) is 12.1 Å². The summed E-state index contributed by atoms with van der Waals surface area (Å²) in [4.78, 5) is 3.87. The number of nitrogens with two attached hydrogens (primary N) is 1. The summed E-state index contributed by atoms with van der Waals surface area (Å²) >= 11 is 0. The van der Waals surface area contributed by atoms with E-state index in [1.54, 1.807) is 0 Å².